The molecule has 3 heterocycles. The number of fused-ring (bicyclic) bond motifs is 1. The number of hydrogen-bond acceptors (Lipinski definition) is 4. The quantitative estimate of drug-likeness (QED) is 0.829. The zero-order valence-electron chi connectivity index (χ0n) is 9.08. The van der Waals surface area contributed by atoms with Crippen LogP contribution in [0.25, 0.3) is 11.0 Å². The lowest BCUT2D eigenvalue weighted by Gasteiger charge is -2.14. The summed E-state index contributed by atoms with van der Waals surface area (Å²) in [4.78, 5) is 8.16. The first-order valence-electron chi connectivity index (χ1n) is 5.53. The van der Waals surface area contributed by atoms with Gasteiger partial charge in [0, 0.05) is 6.20 Å². The molecule has 1 aliphatic heterocycles. The normalized spacial score (nSPS) is 24.6. The van der Waals surface area contributed by atoms with E-state index in [1.165, 1.54) is 6.33 Å². The van der Waals surface area contributed by atoms with Gasteiger partial charge in [0.25, 0.3) is 0 Å². The minimum absolute atomic E-state index is 0.0610. The Morgan fingerprint density at radius 1 is 1.47 bits per heavy atom. The predicted molar refractivity (Wildman–Crippen MR) is 62.8 cm³/mol. The third-order valence-corrected chi connectivity index (χ3v) is 3.36. The molecular formula is C11H12ClN3O2. The molecule has 17 heavy (non-hydrogen) atoms. The van der Waals surface area contributed by atoms with Crippen molar-refractivity contribution in [3.05, 3.63) is 23.7 Å². The second-order valence-electron chi connectivity index (χ2n) is 4.10. The van der Waals surface area contributed by atoms with Crippen LogP contribution in [0.1, 0.15) is 19.1 Å². The van der Waals surface area contributed by atoms with Crippen LogP contribution in [-0.4, -0.2) is 32.4 Å². The fourth-order valence-corrected chi connectivity index (χ4v) is 2.39. The molecule has 1 fully saturated rings. The van der Waals surface area contributed by atoms with Gasteiger partial charge in [-0.2, -0.15) is 0 Å². The van der Waals surface area contributed by atoms with Gasteiger partial charge in [0.1, 0.15) is 23.4 Å². The van der Waals surface area contributed by atoms with Crippen molar-refractivity contribution in [3.63, 3.8) is 0 Å². The van der Waals surface area contributed by atoms with Crippen LogP contribution in [0, 0.1) is 0 Å². The van der Waals surface area contributed by atoms with Gasteiger partial charge in [-0.1, -0.05) is 11.6 Å². The Labute approximate surface area is 103 Å². The molecule has 3 rings (SSSR count). The first kappa shape index (κ1) is 11.0. The van der Waals surface area contributed by atoms with Gasteiger partial charge in [-0.15, -0.1) is 0 Å². The highest BCUT2D eigenvalue weighted by molar-refractivity contribution is 6.33. The summed E-state index contributed by atoms with van der Waals surface area (Å²) in [5, 5.41) is 10.3. The van der Waals surface area contributed by atoms with Crippen molar-refractivity contribution in [2.45, 2.75) is 25.2 Å². The van der Waals surface area contributed by atoms with Gasteiger partial charge < -0.3 is 14.4 Å². The van der Waals surface area contributed by atoms with Crippen LogP contribution in [0.5, 0.6) is 0 Å². The van der Waals surface area contributed by atoms with Gasteiger partial charge in [0.2, 0.25) is 0 Å². The largest absolute Gasteiger partial charge is 0.394 e. The number of nitrogens with zero attached hydrogens (tertiary/aromatic N) is 3. The highest BCUT2D eigenvalue weighted by Crippen LogP contribution is 2.31. The van der Waals surface area contributed by atoms with E-state index in [2.05, 4.69) is 9.97 Å². The number of aliphatic hydroxyl groups is 1. The molecule has 2 atom stereocenters. The summed E-state index contributed by atoms with van der Waals surface area (Å²) in [6.45, 7) is 0.0610. The van der Waals surface area contributed by atoms with Crippen molar-refractivity contribution in [1.29, 1.82) is 0 Å². The Bertz CT molecular complexity index is 542. The summed E-state index contributed by atoms with van der Waals surface area (Å²) < 4.78 is 7.66. The fourth-order valence-electron chi connectivity index (χ4n) is 2.20. The van der Waals surface area contributed by atoms with Crippen molar-refractivity contribution in [2.75, 3.05) is 6.61 Å². The van der Waals surface area contributed by atoms with Gasteiger partial charge in [-0.05, 0) is 18.9 Å². The summed E-state index contributed by atoms with van der Waals surface area (Å²) in [7, 11) is 0. The molecule has 6 heteroatoms. The van der Waals surface area contributed by atoms with Crippen molar-refractivity contribution in [1.82, 2.24) is 14.5 Å². The number of aromatic nitrogens is 3. The zero-order valence-corrected chi connectivity index (χ0v) is 9.84. The molecule has 0 radical (unpaired) electrons. The molecule has 2 aromatic rings. The van der Waals surface area contributed by atoms with Gasteiger partial charge in [-0.3, -0.25) is 0 Å². The molecule has 90 valence electrons. The topological polar surface area (TPSA) is 60.2 Å². The first-order chi connectivity index (χ1) is 8.29. The lowest BCUT2D eigenvalue weighted by Crippen LogP contribution is -2.14. The van der Waals surface area contributed by atoms with E-state index in [4.69, 9.17) is 21.4 Å². The van der Waals surface area contributed by atoms with Gasteiger partial charge in [0.05, 0.1) is 18.1 Å². The molecule has 1 aliphatic rings. The summed E-state index contributed by atoms with van der Waals surface area (Å²) in [6, 6.07) is 1.88. The third kappa shape index (κ3) is 1.80. The Hall–Kier alpha value is -1.17. The van der Waals surface area contributed by atoms with Crippen molar-refractivity contribution in [2.24, 2.45) is 0 Å². The second-order valence-corrected chi connectivity index (χ2v) is 4.46. The number of ether oxygens (including phenoxy) is 1. The molecule has 0 aromatic carbocycles. The van der Waals surface area contributed by atoms with E-state index in [9.17, 15) is 0 Å². The van der Waals surface area contributed by atoms with Crippen LogP contribution in [0.4, 0.5) is 0 Å². The number of hydrogen-bond donors (Lipinski definition) is 1. The molecule has 0 aliphatic carbocycles. The van der Waals surface area contributed by atoms with E-state index >= 15 is 0 Å². The van der Waals surface area contributed by atoms with Crippen molar-refractivity contribution >= 4 is 22.6 Å². The van der Waals surface area contributed by atoms with Crippen LogP contribution >= 0.6 is 11.6 Å². The van der Waals surface area contributed by atoms with Crippen molar-refractivity contribution in [3.8, 4) is 0 Å². The van der Waals surface area contributed by atoms with E-state index < -0.39 is 0 Å². The average molecular weight is 254 g/mol. The minimum Gasteiger partial charge on any atom is -0.394 e. The van der Waals surface area contributed by atoms with Crippen LogP contribution in [0.2, 0.25) is 5.15 Å². The molecular weight excluding hydrogens is 242 g/mol. The molecule has 5 nitrogen and oxygen atoms in total. The zero-order chi connectivity index (χ0) is 11.8. The molecule has 2 aromatic heterocycles. The maximum absolute atomic E-state index is 9.06. The number of aliphatic hydroxyl groups excluding tert-OH is 1. The Balaban J connectivity index is 1.99. The molecule has 1 unspecified atom stereocenters. The highest BCUT2D eigenvalue weighted by Gasteiger charge is 2.27. The van der Waals surface area contributed by atoms with Crippen LogP contribution in [0.3, 0.4) is 0 Å². The monoisotopic (exact) mass is 253 g/mol. The molecule has 0 saturated carbocycles. The summed E-state index contributed by atoms with van der Waals surface area (Å²) >= 11 is 5.99. The highest BCUT2D eigenvalue weighted by atomic mass is 35.5. The SMILES string of the molecule is OCC1CC[C@H](n2ccc3c(Cl)ncnc32)O1. The molecule has 0 spiro atoms. The molecule has 1 N–H and O–H groups in total. The Kier molecular flexibility index (Phi) is 2.74. The smallest absolute Gasteiger partial charge is 0.146 e. The van der Waals surface area contributed by atoms with Gasteiger partial charge in [-0.25, -0.2) is 9.97 Å². The van der Waals surface area contributed by atoms with Gasteiger partial charge in [0.15, 0.2) is 0 Å². The van der Waals surface area contributed by atoms with E-state index in [1.54, 1.807) is 0 Å². The molecule has 0 amide bonds. The van der Waals surface area contributed by atoms with Gasteiger partial charge >= 0.3 is 0 Å². The molecule has 1 saturated heterocycles. The maximum Gasteiger partial charge on any atom is 0.146 e. The van der Waals surface area contributed by atoms with Crippen molar-refractivity contribution < 1.29 is 9.84 Å². The Morgan fingerprint density at radius 2 is 2.35 bits per heavy atom. The molecule has 0 bridgehead atoms. The summed E-state index contributed by atoms with van der Waals surface area (Å²) in [6.07, 6.45) is 4.93. The number of halogens is 1. The summed E-state index contributed by atoms with van der Waals surface area (Å²) in [5.74, 6) is 0. The summed E-state index contributed by atoms with van der Waals surface area (Å²) in [5.41, 5.74) is 0.772. The first-order valence-corrected chi connectivity index (χ1v) is 5.90. The van der Waals surface area contributed by atoms with E-state index in [1.807, 2.05) is 16.8 Å². The predicted octanol–water partition coefficient (Wildman–Crippen LogP) is 1.75. The van der Waals surface area contributed by atoms with Crippen LogP contribution in [0.15, 0.2) is 18.6 Å². The van der Waals surface area contributed by atoms with Crippen LogP contribution in [-0.2, 0) is 4.74 Å². The number of rotatable bonds is 2. The minimum atomic E-state index is -0.0743. The Morgan fingerprint density at radius 3 is 3.12 bits per heavy atom. The fraction of sp³-hybridized carbons (Fsp3) is 0.455. The maximum atomic E-state index is 9.06. The van der Waals surface area contributed by atoms with Crippen LogP contribution < -0.4 is 0 Å². The van der Waals surface area contributed by atoms with E-state index in [-0.39, 0.29) is 18.9 Å². The van der Waals surface area contributed by atoms with E-state index in [0.717, 1.165) is 23.9 Å². The van der Waals surface area contributed by atoms with E-state index in [0.29, 0.717) is 5.15 Å². The standard InChI is InChI=1S/C11H12ClN3O2/c12-10-8-3-4-15(11(8)14-6-13-10)9-2-1-7(5-16)17-9/h3-4,6-7,9,16H,1-2,5H2/t7?,9-/m1/s1. The second kappa shape index (κ2) is 4.25. The lowest BCUT2D eigenvalue weighted by molar-refractivity contribution is -0.0204. The average Bonchev–Trinajstić information content (AvgIpc) is 2.94. The lowest BCUT2D eigenvalue weighted by atomic mass is 10.2. The third-order valence-electron chi connectivity index (χ3n) is 3.06.